The van der Waals surface area contributed by atoms with Crippen molar-refractivity contribution in [2.45, 2.75) is 45.4 Å². The van der Waals surface area contributed by atoms with Gasteiger partial charge in [0.1, 0.15) is 0 Å². The first kappa shape index (κ1) is 15.7. The molecule has 4 unspecified atom stereocenters. The van der Waals surface area contributed by atoms with Crippen LogP contribution in [0.2, 0.25) is 0 Å². The summed E-state index contributed by atoms with van der Waals surface area (Å²) in [5.41, 5.74) is -0.322. The van der Waals surface area contributed by atoms with E-state index < -0.39 is 10.2 Å². The summed E-state index contributed by atoms with van der Waals surface area (Å²) in [6, 6.07) is 0. The highest BCUT2D eigenvalue weighted by Crippen LogP contribution is 2.43. The lowest BCUT2D eigenvalue weighted by molar-refractivity contribution is -0.0460. The second-order valence-corrected chi connectivity index (χ2v) is 9.14. The molecule has 1 N–H and O–H groups in total. The van der Waals surface area contributed by atoms with E-state index in [1.165, 1.54) is 0 Å². The van der Waals surface area contributed by atoms with Gasteiger partial charge in [0.05, 0.1) is 12.2 Å². The highest BCUT2D eigenvalue weighted by molar-refractivity contribution is 7.86. The van der Waals surface area contributed by atoms with Crippen molar-refractivity contribution >= 4 is 10.2 Å². The number of hydrogen-bond acceptors (Lipinski definition) is 4. The van der Waals surface area contributed by atoms with E-state index in [4.69, 9.17) is 4.74 Å². The predicted molar refractivity (Wildman–Crippen MR) is 81.1 cm³/mol. The van der Waals surface area contributed by atoms with E-state index in [1.54, 1.807) is 8.61 Å². The number of hydrogen-bond donors (Lipinski definition) is 1. The Morgan fingerprint density at radius 2 is 1.71 bits per heavy atom. The molecule has 3 aliphatic heterocycles. The van der Waals surface area contributed by atoms with Gasteiger partial charge in [0.25, 0.3) is 10.2 Å². The maximum Gasteiger partial charge on any atom is 0.282 e. The number of rotatable bonds is 2. The molecular weight excluding hydrogens is 290 g/mol. The first-order valence-electron chi connectivity index (χ1n) is 7.87. The van der Waals surface area contributed by atoms with Gasteiger partial charge in [-0.2, -0.15) is 17.0 Å². The molecule has 0 radical (unpaired) electrons. The minimum Gasteiger partial charge on any atom is -0.373 e. The third-order valence-electron chi connectivity index (χ3n) is 5.28. The van der Waals surface area contributed by atoms with Crippen molar-refractivity contribution in [1.29, 1.82) is 0 Å². The van der Waals surface area contributed by atoms with Gasteiger partial charge >= 0.3 is 0 Å². The SMILES string of the molecule is CC1CN(S(=O)(=O)N2CC3CNCC3C2(C)C)CC(C)O1. The fourth-order valence-corrected chi connectivity index (χ4v) is 6.42. The average Bonchev–Trinajstić information content (AvgIpc) is 2.91. The smallest absolute Gasteiger partial charge is 0.282 e. The maximum atomic E-state index is 13.1. The normalized spacial score (nSPS) is 41.3. The van der Waals surface area contributed by atoms with Crippen LogP contribution in [-0.4, -0.2) is 67.5 Å². The molecule has 21 heavy (non-hydrogen) atoms. The van der Waals surface area contributed by atoms with Crippen LogP contribution in [0.15, 0.2) is 0 Å². The second kappa shape index (κ2) is 5.16. The van der Waals surface area contributed by atoms with E-state index in [0.29, 0.717) is 31.5 Å². The summed E-state index contributed by atoms with van der Waals surface area (Å²) in [7, 11) is -3.42. The Morgan fingerprint density at radius 1 is 1.10 bits per heavy atom. The van der Waals surface area contributed by atoms with Gasteiger partial charge in [-0.05, 0) is 46.1 Å². The van der Waals surface area contributed by atoms with Crippen LogP contribution < -0.4 is 5.32 Å². The summed E-state index contributed by atoms with van der Waals surface area (Å²) in [5, 5.41) is 3.39. The fourth-order valence-electron chi connectivity index (χ4n) is 4.23. The lowest BCUT2D eigenvalue weighted by atomic mass is 9.85. The summed E-state index contributed by atoms with van der Waals surface area (Å²) in [5.74, 6) is 0.842. The number of ether oxygens (including phenoxy) is 1. The number of morpholine rings is 1. The Labute approximate surface area is 128 Å². The third kappa shape index (κ3) is 2.53. The van der Waals surface area contributed by atoms with Crippen molar-refractivity contribution in [3.8, 4) is 0 Å². The van der Waals surface area contributed by atoms with Crippen molar-refractivity contribution in [2.75, 3.05) is 32.7 Å². The topological polar surface area (TPSA) is 61.9 Å². The highest BCUT2D eigenvalue weighted by atomic mass is 32.2. The molecule has 0 aromatic heterocycles. The van der Waals surface area contributed by atoms with Crippen LogP contribution in [0.4, 0.5) is 0 Å². The molecule has 0 bridgehead atoms. The van der Waals surface area contributed by atoms with E-state index in [-0.39, 0.29) is 17.7 Å². The molecule has 122 valence electrons. The molecule has 0 aromatic carbocycles. The van der Waals surface area contributed by atoms with Crippen LogP contribution in [-0.2, 0) is 14.9 Å². The molecule has 0 spiro atoms. The Hall–Kier alpha value is -0.210. The monoisotopic (exact) mass is 317 g/mol. The molecule has 3 heterocycles. The van der Waals surface area contributed by atoms with Crippen LogP contribution in [0.5, 0.6) is 0 Å². The van der Waals surface area contributed by atoms with Crippen molar-refractivity contribution < 1.29 is 13.2 Å². The van der Waals surface area contributed by atoms with Crippen molar-refractivity contribution in [3.63, 3.8) is 0 Å². The lowest BCUT2D eigenvalue weighted by Crippen LogP contribution is -2.57. The highest BCUT2D eigenvalue weighted by Gasteiger charge is 2.55. The van der Waals surface area contributed by atoms with E-state index in [2.05, 4.69) is 19.2 Å². The van der Waals surface area contributed by atoms with Gasteiger partial charge in [0, 0.05) is 31.7 Å². The first-order chi connectivity index (χ1) is 9.73. The zero-order valence-corrected chi connectivity index (χ0v) is 14.2. The standard InChI is InChI=1S/C14H27N3O3S/c1-10-7-16(8-11(2)20-10)21(18,19)17-9-12-5-15-6-13(12)14(17,3)4/h10-13,15H,5-9H2,1-4H3. The fraction of sp³-hybridized carbons (Fsp3) is 1.00. The first-order valence-corrected chi connectivity index (χ1v) is 9.26. The Balaban J connectivity index is 1.85. The summed E-state index contributed by atoms with van der Waals surface area (Å²) in [4.78, 5) is 0. The third-order valence-corrected chi connectivity index (χ3v) is 7.41. The predicted octanol–water partition coefficient (Wildman–Crippen LogP) is 0.270. The molecule has 0 aliphatic carbocycles. The molecule has 3 fully saturated rings. The molecule has 0 aromatic rings. The zero-order valence-electron chi connectivity index (χ0n) is 13.4. The van der Waals surface area contributed by atoms with Crippen molar-refractivity contribution in [1.82, 2.24) is 13.9 Å². The van der Waals surface area contributed by atoms with E-state index in [0.717, 1.165) is 13.1 Å². The van der Waals surface area contributed by atoms with Crippen LogP contribution in [0.1, 0.15) is 27.7 Å². The molecule has 7 heteroatoms. The van der Waals surface area contributed by atoms with Gasteiger partial charge in [-0.25, -0.2) is 0 Å². The van der Waals surface area contributed by atoms with Gasteiger partial charge in [-0.1, -0.05) is 0 Å². The molecule has 3 aliphatic rings. The average molecular weight is 317 g/mol. The van der Waals surface area contributed by atoms with Gasteiger partial charge < -0.3 is 10.1 Å². The molecular formula is C14H27N3O3S. The van der Waals surface area contributed by atoms with Gasteiger partial charge in [-0.3, -0.25) is 0 Å². The van der Waals surface area contributed by atoms with Crippen LogP contribution in [0.3, 0.4) is 0 Å². The molecule has 0 saturated carbocycles. The zero-order chi connectivity index (χ0) is 15.4. The summed E-state index contributed by atoms with van der Waals surface area (Å²) in [6.45, 7) is 11.4. The molecule has 3 saturated heterocycles. The largest absolute Gasteiger partial charge is 0.373 e. The van der Waals surface area contributed by atoms with Gasteiger partial charge in [-0.15, -0.1) is 0 Å². The molecule has 6 nitrogen and oxygen atoms in total. The van der Waals surface area contributed by atoms with Crippen molar-refractivity contribution in [2.24, 2.45) is 11.8 Å². The maximum absolute atomic E-state index is 13.1. The van der Waals surface area contributed by atoms with E-state index in [1.807, 2.05) is 13.8 Å². The Kier molecular flexibility index (Phi) is 3.85. The number of fused-ring (bicyclic) bond motifs is 1. The Bertz CT molecular complexity index is 498. The summed E-state index contributed by atoms with van der Waals surface area (Å²) < 4.78 is 35.2. The van der Waals surface area contributed by atoms with Crippen LogP contribution in [0.25, 0.3) is 0 Å². The molecule has 0 amide bonds. The number of nitrogens with one attached hydrogen (secondary N) is 1. The minimum absolute atomic E-state index is 0.0459. The van der Waals surface area contributed by atoms with Crippen molar-refractivity contribution in [3.05, 3.63) is 0 Å². The van der Waals surface area contributed by atoms with E-state index in [9.17, 15) is 8.42 Å². The van der Waals surface area contributed by atoms with E-state index >= 15 is 0 Å². The Morgan fingerprint density at radius 3 is 2.29 bits per heavy atom. The van der Waals surface area contributed by atoms with Gasteiger partial charge in [0.15, 0.2) is 0 Å². The number of nitrogens with zero attached hydrogens (tertiary/aromatic N) is 2. The summed E-state index contributed by atoms with van der Waals surface area (Å²) in [6.07, 6.45) is -0.0918. The molecule has 3 rings (SSSR count). The van der Waals surface area contributed by atoms with Crippen LogP contribution in [0, 0.1) is 11.8 Å². The lowest BCUT2D eigenvalue weighted by Gasteiger charge is -2.41. The minimum atomic E-state index is -3.42. The van der Waals surface area contributed by atoms with Gasteiger partial charge in [0.2, 0.25) is 0 Å². The quantitative estimate of drug-likeness (QED) is 0.794. The van der Waals surface area contributed by atoms with Crippen LogP contribution >= 0.6 is 0 Å². The molecule has 4 atom stereocenters. The second-order valence-electron chi connectivity index (χ2n) is 7.29. The summed E-state index contributed by atoms with van der Waals surface area (Å²) >= 11 is 0.